The molecule has 0 saturated carbocycles. The zero-order valence-electron chi connectivity index (χ0n) is 17.3. The number of aromatic nitrogens is 2. The minimum atomic E-state index is -1.07. The van der Waals surface area contributed by atoms with E-state index in [-0.39, 0.29) is 24.4 Å². The van der Waals surface area contributed by atoms with Crippen LogP contribution in [-0.4, -0.2) is 58.9 Å². The second kappa shape index (κ2) is 9.20. The Kier molecular flexibility index (Phi) is 6.63. The molecule has 0 bridgehead atoms. The number of fused-ring (bicyclic) bond motifs is 1. The molecular weight excluding hydrogens is 418 g/mol. The maximum Gasteiger partial charge on any atom is 0.509 e. The van der Waals surface area contributed by atoms with E-state index >= 15 is 0 Å². The molecule has 4 atom stereocenters. The third kappa shape index (κ3) is 5.23. The van der Waals surface area contributed by atoms with E-state index in [1.807, 2.05) is 0 Å². The lowest BCUT2D eigenvalue weighted by atomic mass is 10.1. The molecule has 13 heteroatoms. The van der Waals surface area contributed by atoms with Crippen molar-refractivity contribution in [3.8, 4) is 0 Å². The van der Waals surface area contributed by atoms with Gasteiger partial charge in [-0.1, -0.05) is 13.8 Å². The van der Waals surface area contributed by atoms with Crippen LogP contribution in [0.5, 0.6) is 0 Å². The lowest BCUT2D eigenvalue weighted by Gasteiger charge is -2.18. The third-order valence-corrected chi connectivity index (χ3v) is 4.28. The minimum Gasteiger partial charge on any atom is -0.432 e. The molecule has 0 radical (unpaired) electrons. The lowest BCUT2D eigenvalue weighted by Crippen LogP contribution is -2.34. The molecule has 1 aromatic heterocycles. The second-order valence-electron chi connectivity index (χ2n) is 7.39. The molecule has 0 amide bonds. The van der Waals surface area contributed by atoms with Gasteiger partial charge >= 0.3 is 24.0 Å². The topological polar surface area (TPSA) is 154 Å². The van der Waals surface area contributed by atoms with Gasteiger partial charge in [0.05, 0.1) is 12.0 Å². The van der Waals surface area contributed by atoms with Crippen LogP contribution in [0.25, 0.3) is 0 Å². The van der Waals surface area contributed by atoms with Crippen molar-refractivity contribution in [3.05, 3.63) is 22.7 Å². The molecule has 3 heterocycles. The van der Waals surface area contributed by atoms with Gasteiger partial charge in [-0.05, 0) is 13.8 Å². The van der Waals surface area contributed by atoms with Crippen molar-refractivity contribution in [1.29, 1.82) is 0 Å². The Balaban J connectivity index is 1.70. The molecule has 31 heavy (non-hydrogen) atoms. The Morgan fingerprint density at radius 1 is 1.19 bits per heavy atom. The predicted octanol–water partition coefficient (Wildman–Crippen LogP) is 1.13. The number of rotatable bonds is 7. The van der Waals surface area contributed by atoms with Gasteiger partial charge in [0, 0.05) is 12.3 Å². The number of hydrogen-bond donors (Lipinski definition) is 1. The van der Waals surface area contributed by atoms with Gasteiger partial charge in [-0.2, -0.15) is 4.98 Å². The van der Waals surface area contributed by atoms with Gasteiger partial charge in [0.15, 0.2) is 24.3 Å². The third-order valence-electron chi connectivity index (χ3n) is 4.28. The van der Waals surface area contributed by atoms with Crippen molar-refractivity contribution in [1.82, 2.24) is 9.55 Å². The molecule has 170 valence electrons. The van der Waals surface area contributed by atoms with Gasteiger partial charge in [0.2, 0.25) is 0 Å². The minimum absolute atomic E-state index is 0.000720. The van der Waals surface area contributed by atoms with Crippen molar-refractivity contribution < 1.29 is 42.9 Å². The van der Waals surface area contributed by atoms with Crippen LogP contribution in [-0.2, 0) is 33.3 Å². The number of nitrogens with zero attached hydrogens (tertiary/aromatic N) is 2. The number of carbonyl (C=O) groups excluding carboxylic acids is 3. The lowest BCUT2D eigenvalue weighted by molar-refractivity contribution is -0.144. The predicted molar refractivity (Wildman–Crippen MR) is 99.7 cm³/mol. The van der Waals surface area contributed by atoms with Gasteiger partial charge in [0.1, 0.15) is 12.7 Å². The molecule has 0 aromatic carbocycles. The molecule has 2 saturated heterocycles. The van der Waals surface area contributed by atoms with E-state index in [4.69, 9.17) is 28.5 Å². The molecule has 1 N–H and O–H groups in total. The van der Waals surface area contributed by atoms with E-state index in [0.29, 0.717) is 0 Å². The van der Waals surface area contributed by atoms with Crippen LogP contribution in [0, 0.1) is 5.92 Å². The smallest absolute Gasteiger partial charge is 0.432 e. The van der Waals surface area contributed by atoms with E-state index in [9.17, 15) is 19.2 Å². The van der Waals surface area contributed by atoms with Crippen molar-refractivity contribution >= 4 is 24.1 Å². The Bertz CT molecular complexity index is 899. The van der Waals surface area contributed by atoms with E-state index in [0.717, 1.165) is 4.57 Å². The summed E-state index contributed by atoms with van der Waals surface area (Å²) < 4.78 is 26.9. The van der Waals surface area contributed by atoms with Crippen LogP contribution in [0.15, 0.2) is 17.1 Å². The number of nitrogens with one attached hydrogen (secondary N) is 1. The molecule has 2 fully saturated rings. The molecular formula is C18H23N3O10. The first-order valence-electron chi connectivity index (χ1n) is 9.57. The number of carbonyl (C=O) groups is 3. The zero-order chi connectivity index (χ0) is 22.7. The highest BCUT2D eigenvalue weighted by molar-refractivity contribution is 5.72. The quantitative estimate of drug-likeness (QED) is 0.366. The highest BCUT2D eigenvalue weighted by Gasteiger charge is 2.55. The maximum absolute atomic E-state index is 12.5. The Morgan fingerprint density at radius 3 is 2.55 bits per heavy atom. The summed E-state index contributed by atoms with van der Waals surface area (Å²) >= 11 is 0. The van der Waals surface area contributed by atoms with Crippen LogP contribution >= 0.6 is 0 Å². The summed E-state index contributed by atoms with van der Waals surface area (Å²) in [5, 5.41) is 0. The number of hydrogen-bond acceptors (Lipinski definition) is 12. The summed E-state index contributed by atoms with van der Waals surface area (Å²) in [6, 6.07) is 1.37. The molecule has 2 aliphatic heterocycles. The second-order valence-corrected chi connectivity index (χ2v) is 7.39. The molecule has 1 aromatic rings. The van der Waals surface area contributed by atoms with E-state index in [1.165, 1.54) is 12.3 Å². The first-order chi connectivity index (χ1) is 14.7. The van der Waals surface area contributed by atoms with Crippen molar-refractivity contribution in [3.63, 3.8) is 0 Å². The fraction of sp³-hybridized carbons (Fsp3) is 0.611. The monoisotopic (exact) mass is 441 g/mol. The van der Waals surface area contributed by atoms with E-state index in [1.54, 1.807) is 27.7 Å². The summed E-state index contributed by atoms with van der Waals surface area (Å²) in [5.41, 5.74) is 1.53. The zero-order valence-corrected chi connectivity index (χ0v) is 17.3. The van der Waals surface area contributed by atoms with E-state index in [2.05, 4.69) is 10.5 Å². The molecule has 0 unspecified atom stereocenters. The van der Waals surface area contributed by atoms with Gasteiger partial charge in [0.25, 0.3) is 0 Å². The van der Waals surface area contributed by atoms with Crippen LogP contribution in [0.4, 0.5) is 15.4 Å². The molecule has 2 aliphatic rings. The van der Waals surface area contributed by atoms with Crippen molar-refractivity contribution in [2.75, 3.05) is 12.1 Å². The van der Waals surface area contributed by atoms with Crippen LogP contribution in [0.2, 0.25) is 0 Å². The first kappa shape index (κ1) is 22.3. The normalized spacial score (nSPS) is 24.4. The largest absolute Gasteiger partial charge is 0.509 e. The summed E-state index contributed by atoms with van der Waals surface area (Å²) in [6.07, 6.45) is -4.71. The summed E-state index contributed by atoms with van der Waals surface area (Å²) in [5.74, 6) is -0.895. The molecule has 3 rings (SSSR count). The average Bonchev–Trinajstić information content (AvgIpc) is 3.21. The average molecular weight is 441 g/mol. The standard InChI is InChI=1S/C18H23N3O10/c1-8(2)15(22)31-20-11-5-6-21(16(23)19-11)14-13-12(29-18(25)30-13)10(28-14)7-26-17(24)27-9(3)4/h5-6,8-10,12-14H,7H2,1-4H3,(H,19,20,23)/t10-,12-,13-,14-/m1/s1. The molecule has 0 aliphatic carbocycles. The molecule has 13 nitrogen and oxygen atoms in total. The van der Waals surface area contributed by atoms with Crippen molar-refractivity contribution in [2.45, 2.75) is 58.3 Å². The fourth-order valence-corrected chi connectivity index (χ4v) is 2.84. The van der Waals surface area contributed by atoms with Crippen molar-refractivity contribution in [2.24, 2.45) is 5.92 Å². The van der Waals surface area contributed by atoms with Crippen LogP contribution in [0.3, 0.4) is 0 Å². The number of ether oxygens (including phenoxy) is 5. The highest BCUT2D eigenvalue weighted by Crippen LogP contribution is 2.37. The van der Waals surface area contributed by atoms with E-state index < -0.39 is 48.5 Å². The SMILES string of the molecule is CC(C)OC(=O)OC[C@H]1O[C@@H](n2ccc(NOC(=O)C(C)C)nc2=O)[C@@H]2OC(=O)O[C@@H]21. The number of anilines is 1. The fourth-order valence-electron chi connectivity index (χ4n) is 2.84. The van der Waals surface area contributed by atoms with Gasteiger partial charge < -0.3 is 28.5 Å². The maximum atomic E-state index is 12.5. The van der Waals surface area contributed by atoms with Gasteiger partial charge in [-0.3, -0.25) is 4.57 Å². The highest BCUT2D eigenvalue weighted by atomic mass is 16.8. The molecule has 0 spiro atoms. The summed E-state index contributed by atoms with van der Waals surface area (Å²) in [4.78, 5) is 55.8. The van der Waals surface area contributed by atoms with Gasteiger partial charge in [-0.25, -0.2) is 24.7 Å². The van der Waals surface area contributed by atoms with Gasteiger partial charge in [-0.15, -0.1) is 0 Å². The first-order valence-corrected chi connectivity index (χ1v) is 9.57. The summed E-state index contributed by atoms with van der Waals surface area (Å²) in [7, 11) is 0. The Hall–Kier alpha value is -3.35. The Morgan fingerprint density at radius 2 is 1.90 bits per heavy atom. The Labute approximate surface area is 176 Å². The van der Waals surface area contributed by atoms with Crippen LogP contribution in [0.1, 0.15) is 33.9 Å². The summed E-state index contributed by atoms with van der Waals surface area (Å²) in [6.45, 7) is 6.34. The van der Waals surface area contributed by atoms with Crippen LogP contribution < -0.4 is 11.2 Å².